The number of rotatable bonds is 9. The predicted molar refractivity (Wildman–Crippen MR) is 94.8 cm³/mol. The van der Waals surface area contributed by atoms with Gasteiger partial charge in [0.1, 0.15) is 0 Å². The molecular formula is C20H23NO4. The molecule has 2 atom stereocenters. The number of carbonyl (C=O) groups excluding carboxylic acids is 1. The van der Waals surface area contributed by atoms with Gasteiger partial charge in [0.05, 0.1) is 25.2 Å². The van der Waals surface area contributed by atoms with Gasteiger partial charge in [-0.2, -0.15) is 0 Å². The summed E-state index contributed by atoms with van der Waals surface area (Å²) in [7, 11) is 0. The summed E-state index contributed by atoms with van der Waals surface area (Å²) in [4.78, 5) is 23.5. The van der Waals surface area contributed by atoms with Crippen molar-refractivity contribution < 1.29 is 19.4 Å². The Labute approximate surface area is 147 Å². The number of amides is 1. The zero-order valence-corrected chi connectivity index (χ0v) is 14.2. The molecule has 2 aromatic rings. The summed E-state index contributed by atoms with van der Waals surface area (Å²) >= 11 is 0. The van der Waals surface area contributed by atoms with Crippen molar-refractivity contribution in [1.29, 1.82) is 0 Å². The van der Waals surface area contributed by atoms with Crippen LogP contribution in [-0.4, -0.2) is 23.6 Å². The number of nitrogens with one attached hydrogen (secondary N) is 1. The Hall–Kier alpha value is -2.66. The molecule has 0 aliphatic heterocycles. The van der Waals surface area contributed by atoms with Crippen LogP contribution in [0.3, 0.4) is 0 Å². The van der Waals surface area contributed by atoms with E-state index in [1.165, 1.54) is 0 Å². The van der Waals surface area contributed by atoms with Crippen molar-refractivity contribution in [2.24, 2.45) is 5.92 Å². The number of hydrogen-bond donors (Lipinski definition) is 2. The number of carbonyl (C=O) groups is 2. The van der Waals surface area contributed by atoms with Crippen molar-refractivity contribution in [1.82, 2.24) is 5.32 Å². The van der Waals surface area contributed by atoms with Gasteiger partial charge in [0.15, 0.2) is 0 Å². The highest BCUT2D eigenvalue weighted by molar-refractivity contribution is 5.78. The van der Waals surface area contributed by atoms with Gasteiger partial charge < -0.3 is 15.2 Å². The fourth-order valence-electron chi connectivity index (χ4n) is 2.47. The molecule has 25 heavy (non-hydrogen) atoms. The highest BCUT2D eigenvalue weighted by Crippen LogP contribution is 2.22. The van der Waals surface area contributed by atoms with E-state index in [1.807, 2.05) is 60.7 Å². The monoisotopic (exact) mass is 341 g/mol. The molecule has 2 N–H and O–H groups in total. The summed E-state index contributed by atoms with van der Waals surface area (Å²) in [6.07, 6.45) is 0.183. The Kier molecular flexibility index (Phi) is 7.16. The van der Waals surface area contributed by atoms with E-state index < -0.39 is 17.9 Å². The number of hydrogen-bond acceptors (Lipinski definition) is 3. The number of carboxylic acids is 1. The van der Waals surface area contributed by atoms with Gasteiger partial charge in [0, 0.05) is 6.42 Å². The Morgan fingerprint density at radius 1 is 1.04 bits per heavy atom. The molecule has 1 amide bonds. The smallest absolute Gasteiger partial charge is 0.308 e. The van der Waals surface area contributed by atoms with Crippen molar-refractivity contribution in [2.75, 3.05) is 6.61 Å². The number of ether oxygens (including phenoxy) is 1. The van der Waals surface area contributed by atoms with Crippen LogP contribution in [0.15, 0.2) is 60.7 Å². The van der Waals surface area contributed by atoms with Gasteiger partial charge in [-0.3, -0.25) is 9.59 Å². The van der Waals surface area contributed by atoms with Crippen LogP contribution in [-0.2, 0) is 20.9 Å². The maximum Gasteiger partial charge on any atom is 0.308 e. The fourth-order valence-corrected chi connectivity index (χ4v) is 2.47. The van der Waals surface area contributed by atoms with E-state index in [-0.39, 0.29) is 18.9 Å². The Bertz CT molecular complexity index is 673. The van der Waals surface area contributed by atoms with E-state index in [0.29, 0.717) is 6.61 Å². The zero-order valence-electron chi connectivity index (χ0n) is 14.2. The van der Waals surface area contributed by atoms with Crippen LogP contribution < -0.4 is 5.32 Å². The molecule has 132 valence electrons. The lowest BCUT2D eigenvalue weighted by Gasteiger charge is -2.23. The summed E-state index contributed by atoms with van der Waals surface area (Å²) in [6.45, 7) is 2.32. The van der Waals surface area contributed by atoms with Crippen LogP contribution >= 0.6 is 0 Å². The molecule has 0 saturated carbocycles. The lowest BCUT2D eigenvalue weighted by molar-refractivity contribution is -0.142. The van der Waals surface area contributed by atoms with Gasteiger partial charge in [-0.05, 0) is 18.1 Å². The lowest BCUT2D eigenvalue weighted by Crippen LogP contribution is -2.36. The molecule has 2 unspecified atom stereocenters. The molecule has 5 nitrogen and oxygen atoms in total. The molecule has 0 aliphatic rings. The standard InChI is InChI=1S/C20H23NO4/c1-15(20(23)24)19(17-10-6-3-7-11-17)21-18(22)12-13-25-14-16-8-4-2-5-9-16/h2-11,15,19H,12-14H2,1H3,(H,21,22)(H,23,24). The molecule has 0 fully saturated rings. The molecule has 0 radical (unpaired) electrons. The number of carboxylic acid groups (broad SMARTS) is 1. The van der Waals surface area contributed by atoms with Crippen molar-refractivity contribution in [2.45, 2.75) is 26.0 Å². The number of aliphatic carboxylic acids is 1. The van der Waals surface area contributed by atoms with Gasteiger partial charge >= 0.3 is 5.97 Å². The second-order valence-electron chi connectivity index (χ2n) is 5.87. The third kappa shape index (κ3) is 6.04. The minimum absolute atomic E-state index is 0.183. The first-order chi connectivity index (χ1) is 12.1. The van der Waals surface area contributed by atoms with Gasteiger partial charge in [0.25, 0.3) is 0 Å². The van der Waals surface area contributed by atoms with Crippen molar-refractivity contribution in [3.63, 3.8) is 0 Å². The molecule has 2 rings (SSSR count). The van der Waals surface area contributed by atoms with E-state index in [4.69, 9.17) is 4.74 Å². The summed E-state index contributed by atoms with van der Waals surface area (Å²) in [5.74, 6) is -1.90. The average Bonchev–Trinajstić information content (AvgIpc) is 2.64. The molecular weight excluding hydrogens is 318 g/mol. The first kappa shape index (κ1) is 18.7. The molecule has 5 heteroatoms. The summed E-state index contributed by atoms with van der Waals surface area (Å²) in [5.41, 5.74) is 1.82. The first-order valence-electron chi connectivity index (χ1n) is 8.26. The minimum Gasteiger partial charge on any atom is -0.481 e. The van der Waals surface area contributed by atoms with Crippen LogP contribution in [0.1, 0.15) is 30.5 Å². The van der Waals surface area contributed by atoms with E-state index >= 15 is 0 Å². The number of benzene rings is 2. The lowest BCUT2D eigenvalue weighted by atomic mass is 9.94. The molecule has 0 aromatic heterocycles. The van der Waals surface area contributed by atoms with Gasteiger partial charge in [-0.1, -0.05) is 60.7 Å². The van der Waals surface area contributed by atoms with E-state index in [0.717, 1.165) is 11.1 Å². The highest BCUT2D eigenvalue weighted by atomic mass is 16.5. The predicted octanol–water partition coefficient (Wildman–Crippen LogP) is 3.17. The molecule has 0 heterocycles. The third-order valence-corrected chi connectivity index (χ3v) is 3.95. The largest absolute Gasteiger partial charge is 0.481 e. The van der Waals surface area contributed by atoms with E-state index in [1.54, 1.807) is 6.92 Å². The molecule has 0 spiro atoms. The second-order valence-corrected chi connectivity index (χ2v) is 5.87. The summed E-state index contributed by atoms with van der Waals surface area (Å²) in [5, 5.41) is 12.1. The molecule has 0 saturated heterocycles. The van der Waals surface area contributed by atoms with Crippen molar-refractivity contribution in [3.05, 3.63) is 71.8 Å². The van der Waals surface area contributed by atoms with Crippen LogP contribution in [0.5, 0.6) is 0 Å². The maximum absolute atomic E-state index is 12.2. The average molecular weight is 341 g/mol. The quantitative estimate of drug-likeness (QED) is 0.687. The van der Waals surface area contributed by atoms with Gasteiger partial charge in [-0.15, -0.1) is 0 Å². The Morgan fingerprint density at radius 3 is 2.24 bits per heavy atom. The fraction of sp³-hybridized carbons (Fsp3) is 0.300. The molecule has 2 aromatic carbocycles. The summed E-state index contributed by atoms with van der Waals surface area (Å²) < 4.78 is 5.51. The van der Waals surface area contributed by atoms with Gasteiger partial charge in [-0.25, -0.2) is 0 Å². The minimum atomic E-state index is -0.950. The Morgan fingerprint density at radius 2 is 1.64 bits per heavy atom. The van der Waals surface area contributed by atoms with Crippen LogP contribution in [0.4, 0.5) is 0 Å². The topological polar surface area (TPSA) is 75.6 Å². The van der Waals surface area contributed by atoms with Crippen LogP contribution in [0, 0.1) is 5.92 Å². The van der Waals surface area contributed by atoms with Crippen molar-refractivity contribution in [3.8, 4) is 0 Å². The van der Waals surface area contributed by atoms with Crippen molar-refractivity contribution >= 4 is 11.9 Å². The zero-order chi connectivity index (χ0) is 18.1. The third-order valence-electron chi connectivity index (χ3n) is 3.95. The second kappa shape index (κ2) is 9.59. The van der Waals surface area contributed by atoms with Crippen LogP contribution in [0.2, 0.25) is 0 Å². The SMILES string of the molecule is CC(C(=O)O)C(NC(=O)CCOCc1ccccc1)c1ccccc1. The Balaban J connectivity index is 1.85. The maximum atomic E-state index is 12.2. The van der Waals surface area contributed by atoms with Gasteiger partial charge in [0.2, 0.25) is 5.91 Å². The highest BCUT2D eigenvalue weighted by Gasteiger charge is 2.26. The molecule has 0 bridgehead atoms. The normalized spacial score (nSPS) is 13.0. The molecule has 0 aliphatic carbocycles. The van der Waals surface area contributed by atoms with E-state index in [2.05, 4.69) is 5.32 Å². The summed E-state index contributed by atoms with van der Waals surface area (Å²) in [6, 6.07) is 18.3. The van der Waals surface area contributed by atoms with Crippen LogP contribution in [0.25, 0.3) is 0 Å². The first-order valence-corrected chi connectivity index (χ1v) is 8.26. The van der Waals surface area contributed by atoms with E-state index in [9.17, 15) is 14.7 Å².